The minimum absolute atomic E-state index is 0.663. The number of benzene rings is 6. The molecule has 0 saturated carbocycles. The Hall–Kier alpha value is -5.65. The minimum Gasteiger partial charge on any atom is -0.308 e. The summed E-state index contributed by atoms with van der Waals surface area (Å²) in [4.78, 5) is 15.1. The van der Waals surface area contributed by atoms with Gasteiger partial charge < -0.3 is 4.57 Å². The first-order chi connectivity index (χ1) is 21.8. The van der Waals surface area contributed by atoms with E-state index in [-0.39, 0.29) is 0 Å². The van der Waals surface area contributed by atoms with E-state index in [1.807, 2.05) is 47.7 Å². The zero-order valence-corrected chi connectivity index (χ0v) is 24.4. The third kappa shape index (κ3) is 3.87. The summed E-state index contributed by atoms with van der Waals surface area (Å²) >= 11 is 1.84. The van der Waals surface area contributed by atoms with Gasteiger partial charge in [0.2, 0.25) is 0 Å². The summed E-state index contributed by atoms with van der Waals surface area (Å²) in [6.45, 7) is 0. The van der Waals surface area contributed by atoms with Crippen LogP contribution in [-0.2, 0) is 0 Å². The highest BCUT2D eigenvalue weighted by atomic mass is 32.1. The molecule has 3 heterocycles. The molecule has 206 valence electrons. The van der Waals surface area contributed by atoms with Crippen molar-refractivity contribution in [2.24, 2.45) is 0 Å². The minimum atomic E-state index is 0.663. The van der Waals surface area contributed by atoms with Crippen LogP contribution in [0.3, 0.4) is 0 Å². The standard InChI is InChI=1S/C39H24N4S/c1-4-14-25(15-5-1)37-40-38(26-16-6-2-7-17-26)42-39(41-37)31-24-33-34(29-21-11-10-20-28(29)31)35-36(44-33)30-22-12-13-23-32(30)43(35)27-18-8-3-9-19-27/h1-24H. The average molecular weight is 581 g/mol. The van der Waals surface area contributed by atoms with Gasteiger partial charge in [-0.25, -0.2) is 15.0 Å². The molecule has 5 heteroatoms. The monoisotopic (exact) mass is 580 g/mol. The molecule has 0 fully saturated rings. The van der Waals surface area contributed by atoms with Gasteiger partial charge in [0.25, 0.3) is 0 Å². The van der Waals surface area contributed by atoms with E-state index in [4.69, 9.17) is 15.0 Å². The topological polar surface area (TPSA) is 43.6 Å². The molecule has 44 heavy (non-hydrogen) atoms. The Morgan fingerprint density at radius 1 is 0.477 bits per heavy atom. The van der Waals surface area contributed by atoms with Crippen LogP contribution in [0.4, 0.5) is 0 Å². The van der Waals surface area contributed by atoms with Crippen molar-refractivity contribution in [2.75, 3.05) is 0 Å². The Kier molecular flexibility index (Phi) is 5.64. The number of thiophene rings is 1. The fourth-order valence-electron chi connectivity index (χ4n) is 6.28. The van der Waals surface area contributed by atoms with Crippen molar-refractivity contribution in [3.8, 4) is 39.9 Å². The average Bonchev–Trinajstić information content (AvgIpc) is 3.63. The normalized spacial score (nSPS) is 11.6. The molecule has 0 bridgehead atoms. The van der Waals surface area contributed by atoms with E-state index in [0.717, 1.165) is 27.8 Å². The fourth-order valence-corrected chi connectivity index (χ4v) is 7.56. The summed E-state index contributed by atoms with van der Waals surface area (Å²) in [6, 6.07) is 50.6. The molecule has 0 N–H and O–H groups in total. The predicted molar refractivity (Wildman–Crippen MR) is 183 cm³/mol. The van der Waals surface area contributed by atoms with Crippen LogP contribution >= 0.6 is 11.3 Å². The van der Waals surface area contributed by atoms with Gasteiger partial charge in [0.05, 0.1) is 15.7 Å². The second-order valence-corrected chi connectivity index (χ2v) is 11.9. The quantitative estimate of drug-likeness (QED) is 0.208. The largest absolute Gasteiger partial charge is 0.308 e. The number of hydrogen-bond donors (Lipinski definition) is 0. The van der Waals surface area contributed by atoms with Crippen LogP contribution in [0.25, 0.3) is 81.8 Å². The molecule has 0 aliphatic carbocycles. The van der Waals surface area contributed by atoms with Crippen molar-refractivity contribution in [1.82, 2.24) is 19.5 Å². The van der Waals surface area contributed by atoms with E-state index < -0.39 is 0 Å². The molecule has 9 rings (SSSR count). The molecule has 0 saturated heterocycles. The van der Waals surface area contributed by atoms with E-state index in [1.165, 1.54) is 36.6 Å². The highest BCUT2D eigenvalue weighted by Crippen LogP contribution is 2.47. The van der Waals surface area contributed by atoms with Crippen molar-refractivity contribution in [3.63, 3.8) is 0 Å². The van der Waals surface area contributed by atoms with Gasteiger partial charge in [-0.2, -0.15) is 0 Å². The summed E-state index contributed by atoms with van der Waals surface area (Å²) in [5.41, 5.74) is 6.54. The first-order valence-corrected chi connectivity index (χ1v) is 15.5. The van der Waals surface area contributed by atoms with Crippen LogP contribution in [0.2, 0.25) is 0 Å². The lowest BCUT2D eigenvalue weighted by Gasteiger charge is -2.12. The smallest absolute Gasteiger partial charge is 0.164 e. The van der Waals surface area contributed by atoms with Gasteiger partial charge >= 0.3 is 0 Å². The number of aromatic nitrogens is 4. The number of nitrogens with zero attached hydrogens (tertiary/aromatic N) is 4. The zero-order chi connectivity index (χ0) is 29.0. The second-order valence-electron chi connectivity index (χ2n) is 10.8. The summed E-state index contributed by atoms with van der Waals surface area (Å²) in [6.07, 6.45) is 0. The maximum atomic E-state index is 5.09. The van der Waals surface area contributed by atoms with E-state index in [9.17, 15) is 0 Å². The van der Waals surface area contributed by atoms with E-state index in [2.05, 4.69) is 114 Å². The molecule has 9 aromatic rings. The van der Waals surface area contributed by atoms with Gasteiger partial charge in [-0.1, -0.05) is 121 Å². The molecular formula is C39H24N4S. The van der Waals surface area contributed by atoms with Gasteiger partial charge in [-0.15, -0.1) is 11.3 Å². The predicted octanol–water partition coefficient (Wildman–Crippen LogP) is 10.3. The van der Waals surface area contributed by atoms with Gasteiger partial charge in [-0.3, -0.25) is 0 Å². The van der Waals surface area contributed by atoms with Crippen molar-refractivity contribution >= 4 is 53.3 Å². The molecule has 0 amide bonds. The van der Waals surface area contributed by atoms with Crippen molar-refractivity contribution < 1.29 is 0 Å². The Bertz CT molecular complexity index is 2420. The number of hydrogen-bond acceptors (Lipinski definition) is 4. The SMILES string of the molecule is c1ccc(-c2nc(-c3ccccc3)nc(-c3cc4sc5c6ccccc6n(-c6ccccc6)c5c4c4ccccc34)n2)cc1. The van der Waals surface area contributed by atoms with E-state index in [0.29, 0.717) is 17.5 Å². The maximum absolute atomic E-state index is 5.09. The molecule has 0 aliphatic rings. The number of rotatable bonds is 4. The Morgan fingerprint density at radius 3 is 1.66 bits per heavy atom. The highest BCUT2D eigenvalue weighted by Gasteiger charge is 2.22. The van der Waals surface area contributed by atoms with Gasteiger partial charge in [0.15, 0.2) is 17.5 Å². The first-order valence-electron chi connectivity index (χ1n) is 14.6. The van der Waals surface area contributed by atoms with Crippen LogP contribution in [0.5, 0.6) is 0 Å². The maximum Gasteiger partial charge on any atom is 0.164 e. The van der Waals surface area contributed by atoms with Crippen LogP contribution in [0.1, 0.15) is 0 Å². The van der Waals surface area contributed by atoms with Crippen molar-refractivity contribution in [2.45, 2.75) is 0 Å². The molecule has 4 nitrogen and oxygen atoms in total. The molecule has 0 spiro atoms. The van der Waals surface area contributed by atoms with Gasteiger partial charge in [-0.05, 0) is 35.0 Å². The third-order valence-corrected chi connectivity index (χ3v) is 9.40. The molecule has 3 aromatic heterocycles. The summed E-state index contributed by atoms with van der Waals surface area (Å²) < 4.78 is 4.91. The Morgan fingerprint density at radius 2 is 1.00 bits per heavy atom. The molecule has 6 aromatic carbocycles. The lowest BCUT2D eigenvalue weighted by Crippen LogP contribution is -2.00. The molecule has 0 aliphatic heterocycles. The summed E-state index contributed by atoms with van der Waals surface area (Å²) in [5.74, 6) is 2.00. The number of fused-ring (bicyclic) bond motifs is 7. The van der Waals surface area contributed by atoms with Gasteiger partial charge in [0.1, 0.15) is 0 Å². The molecular weight excluding hydrogens is 557 g/mol. The molecule has 0 atom stereocenters. The molecule has 0 radical (unpaired) electrons. The Balaban J connectivity index is 1.38. The summed E-state index contributed by atoms with van der Waals surface area (Å²) in [5, 5.41) is 4.82. The third-order valence-electron chi connectivity index (χ3n) is 8.24. The van der Waals surface area contributed by atoms with Crippen LogP contribution < -0.4 is 0 Å². The lowest BCUT2D eigenvalue weighted by atomic mass is 10.00. The van der Waals surface area contributed by atoms with Crippen LogP contribution in [0.15, 0.2) is 146 Å². The van der Waals surface area contributed by atoms with E-state index >= 15 is 0 Å². The second kappa shape index (κ2) is 9.97. The van der Waals surface area contributed by atoms with Crippen LogP contribution in [-0.4, -0.2) is 19.5 Å². The van der Waals surface area contributed by atoms with Crippen molar-refractivity contribution in [1.29, 1.82) is 0 Å². The molecule has 0 unspecified atom stereocenters. The number of para-hydroxylation sites is 2. The Labute approximate surface area is 257 Å². The lowest BCUT2D eigenvalue weighted by molar-refractivity contribution is 1.08. The van der Waals surface area contributed by atoms with Gasteiger partial charge in [0, 0.05) is 37.9 Å². The summed E-state index contributed by atoms with van der Waals surface area (Å²) in [7, 11) is 0. The first kappa shape index (κ1) is 24.9. The highest BCUT2D eigenvalue weighted by molar-refractivity contribution is 7.27. The zero-order valence-electron chi connectivity index (χ0n) is 23.6. The van der Waals surface area contributed by atoms with Crippen molar-refractivity contribution in [3.05, 3.63) is 146 Å². The van der Waals surface area contributed by atoms with E-state index in [1.54, 1.807) is 0 Å². The van der Waals surface area contributed by atoms with Crippen LogP contribution in [0, 0.1) is 0 Å². The fraction of sp³-hybridized carbons (Fsp3) is 0.